The van der Waals surface area contributed by atoms with Gasteiger partial charge < -0.3 is 10.1 Å². The minimum atomic E-state index is -0.207. The van der Waals surface area contributed by atoms with Gasteiger partial charge in [0.25, 0.3) is 0 Å². The van der Waals surface area contributed by atoms with E-state index in [-0.39, 0.29) is 24.7 Å². The predicted octanol–water partition coefficient (Wildman–Crippen LogP) is 2.65. The fourth-order valence-electron chi connectivity index (χ4n) is 1.91. The molecule has 1 heterocycles. The molecule has 0 saturated carbocycles. The summed E-state index contributed by atoms with van der Waals surface area (Å²) in [6, 6.07) is 8.86. The number of aromatic nitrogens is 2. The Hall–Kier alpha value is -2.63. The Morgan fingerprint density at radius 1 is 1.18 bits per heavy atom. The molecule has 0 bridgehead atoms. The van der Waals surface area contributed by atoms with Crippen LogP contribution in [0.25, 0.3) is 0 Å². The van der Waals surface area contributed by atoms with Gasteiger partial charge in [0.2, 0.25) is 11.8 Å². The van der Waals surface area contributed by atoms with Crippen LogP contribution < -0.4 is 10.1 Å². The first kappa shape index (κ1) is 15.8. The van der Waals surface area contributed by atoms with Crippen LogP contribution >= 0.6 is 0 Å². The van der Waals surface area contributed by atoms with Gasteiger partial charge in [-0.25, -0.2) is 4.68 Å². The molecule has 0 aliphatic heterocycles. The molecule has 0 radical (unpaired) electrons. The smallest absolute Gasteiger partial charge is 0.247 e. The van der Waals surface area contributed by atoms with Gasteiger partial charge >= 0.3 is 0 Å². The van der Waals surface area contributed by atoms with Crippen molar-refractivity contribution in [3.05, 3.63) is 42.2 Å². The standard InChI is InChI=1S/C16H19N3O3/c1-3-22-14-6-4-13(5-7-14)17-15(20)8-9-16(21)19-11-10-12(2)18-19/h4-7,10-11H,3,8-9H2,1-2H3,(H,17,20). The van der Waals surface area contributed by atoms with Crippen molar-refractivity contribution < 1.29 is 14.3 Å². The van der Waals surface area contributed by atoms with Crippen LogP contribution in [0.4, 0.5) is 5.69 Å². The van der Waals surface area contributed by atoms with E-state index in [1.54, 1.807) is 36.5 Å². The molecule has 0 atom stereocenters. The second kappa shape index (κ2) is 7.40. The molecule has 0 spiro atoms. The van der Waals surface area contributed by atoms with Gasteiger partial charge in [-0.3, -0.25) is 9.59 Å². The molecule has 1 aromatic heterocycles. The van der Waals surface area contributed by atoms with Crippen molar-refractivity contribution >= 4 is 17.5 Å². The van der Waals surface area contributed by atoms with Crippen molar-refractivity contribution in [1.29, 1.82) is 0 Å². The molecule has 0 fully saturated rings. The van der Waals surface area contributed by atoms with E-state index < -0.39 is 0 Å². The summed E-state index contributed by atoms with van der Waals surface area (Å²) < 4.78 is 6.59. The van der Waals surface area contributed by atoms with Gasteiger partial charge in [0.1, 0.15) is 5.75 Å². The van der Waals surface area contributed by atoms with Crippen LogP contribution in [0.3, 0.4) is 0 Å². The zero-order valence-electron chi connectivity index (χ0n) is 12.7. The summed E-state index contributed by atoms with van der Waals surface area (Å²) in [4.78, 5) is 23.7. The monoisotopic (exact) mass is 301 g/mol. The summed E-state index contributed by atoms with van der Waals surface area (Å²) in [5, 5.41) is 6.77. The highest BCUT2D eigenvalue weighted by Gasteiger charge is 2.10. The van der Waals surface area contributed by atoms with E-state index in [4.69, 9.17) is 4.74 Å². The number of nitrogens with zero attached hydrogens (tertiary/aromatic N) is 2. The van der Waals surface area contributed by atoms with Crippen LogP contribution in [-0.2, 0) is 4.79 Å². The first-order chi connectivity index (χ1) is 10.6. The highest BCUT2D eigenvalue weighted by Crippen LogP contribution is 2.15. The van der Waals surface area contributed by atoms with E-state index in [0.29, 0.717) is 12.3 Å². The van der Waals surface area contributed by atoms with E-state index in [0.717, 1.165) is 11.4 Å². The van der Waals surface area contributed by atoms with Crippen molar-refractivity contribution in [2.75, 3.05) is 11.9 Å². The molecule has 6 heteroatoms. The fourth-order valence-corrected chi connectivity index (χ4v) is 1.91. The summed E-state index contributed by atoms with van der Waals surface area (Å²) in [5.41, 5.74) is 1.45. The minimum Gasteiger partial charge on any atom is -0.494 e. The summed E-state index contributed by atoms with van der Waals surface area (Å²) >= 11 is 0. The number of benzene rings is 1. The molecule has 0 unspecified atom stereocenters. The molecule has 1 N–H and O–H groups in total. The maximum atomic E-state index is 11.8. The Labute approximate surface area is 129 Å². The number of rotatable bonds is 6. The van der Waals surface area contributed by atoms with E-state index in [9.17, 15) is 9.59 Å². The second-order valence-corrected chi connectivity index (χ2v) is 4.80. The number of anilines is 1. The molecule has 0 aliphatic carbocycles. The van der Waals surface area contributed by atoms with Crippen LogP contribution in [0.15, 0.2) is 36.5 Å². The Bertz CT molecular complexity index is 647. The third kappa shape index (κ3) is 4.44. The van der Waals surface area contributed by atoms with Crippen LogP contribution in [0.1, 0.15) is 30.3 Å². The maximum absolute atomic E-state index is 11.8. The lowest BCUT2D eigenvalue weighted by atomic mass is 10.2. The molecule has 116 valence electrons. The minimum absolute atomic E-state index is 0.115. The third-order valence-electron chi connectivity index (χ3n) is 2.99. The highest BCUT2D eigenvalue weighted by atomic mass is 16.5. The molecule has 22 heavy (non-hydrogen) atoms. The lowest BCUT2D eigenvalue weighted by molar-refractivity contribution is -0.116. The summed E-state index contributed by atoms with van der Waals surface area (Å²) in [6.07, 6.45) is 1.83. The Kier molecular flexibility index (Phi) is 5.30. The number of carbonyl (C=O) groups excluding carboxylic acids is 2. The quantitative estimate of drug-likeness (QED) is 0.890. The topological polar surface area (TPSA) is 73.2 Å². The van der Waals surface area contributed by atoms with E-state index in [2.05, 4.69) is 10.4 Å². The fraction of sp³-hybridized carbons (Fsp3) is 0.312. The van der Waals surface area contributed by atoms with Crippen molar-refractivity contribution in [3.63, 3.8) is 0 Å². The molecule has 2 aromatic rings. The van der Waals surface area contributed by atoms with Gasteiger partial charge in [-0.05, 0) is 44.2 Å². The van der Waals surface area contributed by atoms with E-state index in [1.807, 2.05) is 13.8 Å². The van der Waals surface area contributed by atoms with Gasteiger partial charge in [-0.15, -0.1) is 0 Å². The number of aryl methyl sites for hydroxylation is 1. The molecule has 6 nitrogen and oxygen atoms in total. The van der Waals surface area contributed by atoms with Crippen molar-refractivity contribution in [2.24, 2.45) is 0 Å². The number of amides is 1. The predicted molar refractivity (Wildman–Crippen MR) is 83.1 cm³/mol. The molecule has 1 aromatic carbocycles. The SMILES string of the molecule is CCOc1ccc(NC(=O)CCC(=O)n2ccc(C)n2)cc1. The number of hydrogen-bond acceptors (Lipinski definition) is 4. The molecule has 0 saturated heterocycles. The van der Waals surface area contributed by atoms with Crippen LogP contribution in [0, 0.1) is 6.92 Å². The zero-order chi connectivity index (χ0) is 15.9. The summed E-state index contributed by atoms with van der Waals surface area (Å²) in [6.45, 7) is 4.32. The van der Waals surface area contributed by atoms with Crippen molar-refractivity contribution in [1.82, 2.24) is 9.78 Å². The second-order valence-electron chi connectivity index (χ2n) is 4.80. The molecule has 0 aliphatic rings. The van der Waals surface area contributed by atoms with Crippen molar-refractivity contribution in [3.8, 4) is 5.75 Å². The summed E-state index contributed by atoms with van der Waals surface area (Å²) in [7, 11) is 0. The molecule has 2 rings (SSSR count). The number of hydrogen-bond donors (Lipinski definition) is 1. The largest absolute Gasteiger partial charge is 0.494 e. The normalized spacial score (nSPS) is 10.3. The van der Waals surface area contributed by atoms with Crippen molar-refractivity contribution in [2.45, 2.75) is 26.7 Å². The summed E-state index contributed by atoms with van der Waals surface area (Å²) in [5.74, 6) is 0.348. The zero-order valence-corrected chi connectivity index (χ0v) is 12.7. The van der Waals surface area contributed by atoms with E-state index >= 15 is 0 Å². The Morgan fingerprint density at radius 2 is 1.91 bits per heavy atom. The lowest BCUT2D eigenvalue weighted by Crippen LogP contribution is -2.17. The lowest BCUT2D eigenvalue weighted by Gasteiger charge is -2.07. The molecular weight excluding hydrogens is 282 g/mol. The first-order valence-corrected chi connectivity index (χ1v) is 7.16. The van der Waals surface area contributed by atoms with Gasteiger partial charge in [0.05, 0.1) is 12.3 Å². The molecular formula is C16H19N3O3. The number of nitrogens with one attached hydrogen (secondary N) is 1. The average Bonchev–Trinajstić information content (AvgIpc) is 2.94. The number of carbonyl (C=O) groups is 2. The van der Waals surface area contributed by atoms with Crippen LogP contribution in [0.2, 0.25) is 0 Å². The Balaban J connectivity index is 1.81. The highest BCUT2D eigenvalue weighted by molar-refractivity contribution is 5.93. The first-order valence-electron chi connectivity index (χ1n) is 7.16. The van der Waals surface area contributed by atoms with E-state index in [1.165, 1.54) is 4.68 Å². The third-order valence-corrected chi connectivity index (χ3v) is 2.99. The van der Waals surface area contributed by atoms with Gasteiger partial charge in [0.15, 0.2) is 0 Å². The van der Waals surface area contributed by atoms with Crippen LogP contribution in [-0.4, -0.2) is 28.2 Å². The van der Waals surface area contributed by atoms with Gasteiger partial charge in [0, 0.05) is 24.7 Å². The van der Waals surface area contributed by atoms with Gasteiger partial charge in [-0.1, -0.05) is 0 Å². The maximum Gasteiger partial charge on any atom is 0.247 e. The van der Waals surface area contributed by atoms with Crippen LogP contribution in [0.5, 0.6) is 5.75 Å². The van der Waals surface area contributed by atoms with Gasteiger partial charge in [-0.2, -0.15) is 5.10 Å². The average molecular weight is 301 g/mol. The Morgan fingerprint density at radius 3 is 2.50 bits per heavy atom. The number of ether oxygens (including phenoxy) is 1. The molecule has 1 amide bonds.